The zero-order chi connectivity index (χ0) is 15.8. The maximum atomic E-state index is 12.2. The van der Waals surface area contributed by atoms with Crippen LogP contribution in [-0.4, -0.2) is 57.8 Å². The van der Waals surface area contributed by atoms with Gasteiger partial charge in [0.2, 0.25) is 5.91 Å². The van der Waals surface area contributed by atoms with Crippen LogP contribution in [0.2, 0.25) is 0 Å². The Kier molecular flexibility index (Phi) is 11.8. The fourth-order valence-corrected chi connectivity index (χ4v) is 2.76. The summed E-state index contributed by atoms with van der Waals surface area (Å²) in [6.45, 7) is 4.55. The lowest BCUT2D eigenvalue weighted by atomic mass is 10.1. The van der Waals surface area contributed by atoms with Crippen LogP contribution < -0.4 is 10.2 Å². The lowest BCUT2D eigenvalue weighted by Crippen LogP contribution is -2.36. The number of nitrogens with one attached hydrogen (secondary N) is 1. The smallest absolute Gasteiger partial charge is 0.236 e. The van der Waals surface area contributed by atoms with Crippen LogP contribution in [0.1, 0.15) is 18.4 Å². The lowest BCUT2D eigenvalue weighted by molar-refractivity contribution is -0.129. The maximum Gasteiger partial charge on any atom is 0.236 e. The number of carbonyl (C=O) groups excluding carboxylic acids is 1. The summed E-state index contributed by atoms with van der Waals surface area (Å²) in [7, 11) is 3.52. The first-order chi connectivity index (χ1) is 10.7. The van der Waals surface area contributed by atoms with Crippen molar-refractivity contribution in [1.29, 1.82) is 0 Å². The van der Waals surface area contributed by atoms with E-state index in [1.807, 2.05) is 13.1 Å². The van der Waals surface area contributed by atoms with E-state index in [-0.39, 0.29) is 30.7 Å². The van der Waals surface area contributed by atoms with Crippen molar-refractivity contribution in [2.45, 2.75) is 19.4 Å². The van der Waals surface area contributed by atoms with E-state index in [0.29, 0.717) is 26.2 Å². The van der Waals surface area contributed by atoms with E-state index >= 15 is 0 Å². The number of hydrogen-bond donors (Lipinski definition) is 1. The summed E-state index contributed by atoms with van der Waals surface area (Å²) >= 11 is 0. The molecule has 0 bridgehead atoms. The molecule has 1 fully saturated rings. The van der Waals surface area contributed by atoms with Gasteiger partial charge < -0.3 is 19.9 Å². The number of methoxy groups -OCH3 is 1. The fraction of sp³-hybridized carbons (Fsp3) is 0.588. The van der Waals surface area contributed by atoms with Crippen LogP contribution in [0.25, 0.3) is 0 Å². The minimum atomic E-state index is 0. The highest BCUT2D eigenvalue weighted by molar-refractivity contribution is 5.85. The second-order valence-corrected chi connectivity index (χ2v) is 5.74. The standard InChI is InChI=1S/C17H27N3O2.2ClH/c1-19(17(21)13-18-9-12-22-2)14-15-7-3-4-8-16(15)20-10-5-6-11-20;;/h3-4,7-8,18H,5-6,9-14H2,1-2H3;2*1H. The molecule has 7 heteroatoms. The molecule has 1 saturated heterocycles. The molecule has 1 N–H and O–H groups in total. The molecule has 1 aliphatic heterocycles. The number of benzene rings is 1. The predicted octanol–water partition coefficient (Wildman–Crippen LogP) is 2.32. The highest BCUT2D eigenvalue weighted by Crippen LogP contribution is 2.25. The van der Waals surface area contributed by atoms with E-state index in [0.717, 1.165) is 13.1 Å². The second kappa shape index (κ2) is 12.4. The number of halogens is 2. The summed E-state index contributed by atoms with van der Waals surface area (Å²) < 4.78 is 4.96. The molecule has 1 heterocycles. The van der Waals surface area contributed by atoms with E-state index in [4.69, 9.17) is 4.74 Å². The van der Waals surface area contributed by atoms with E-state index in [2.05, 4.69) is 28.4 Å². The molecule has 138 valence electrons. The van der Waals surface area contributed by atoms with Crippen molar-refractivity contribution in [3.8, 4) is 0 Å². The monoisotopic (exact) mass is 377 g/mol. The first-order valence-corrected chi connectivity index (χ1v) is 7.99. The normalized spacial score (nSPS) is 13.2. The number of likely N-dealkylation sites (N-methyl/N-ethyl adjacent to an activating group) is 1. The van der Waals surface area contributed by atoms with Gasteiger partial charge in [-0.25, -0.2) is 0 Å². The SMILES string of the molecule is COCCNCC(=O)N(C)Cc1ccccc1N1CCCC1.Cl.Cl. The third kappa shape index (κ3) is 6.85. The van der Waals surface area contributed by atoms with E-state index < -0.39 is 0 Å². The summed E-state index contributed by atoms with van der Waals surface area (Å²) in [4.78, 5) is 16.4. The number of para-hydroxylation sites is 1. The Balaban J connectivity index is 0.00000264. The zero-order valence-corrected chi connectivity index (χ0v) is 16.1. The van der Waals surface area contributed by atoms with Gasteiger partial charge in [-0.05, 0) is 24.5 Å². The van der Waals surface area contributed by atoms with Crippen LogP contribution in [0, 0.1) is 0 Å². The quantitative estimate of drug-likeness (QED) is 0.706. The number of rotatable bonds is 8. The van der Waals surface area contributed by atoms with Gasteiger partial charge in [-0.2, -0.15) is 0 Å². The van der Waals surface area contributed by atoms with Crippen molar-refractivity contribution in [3.63, 3.8) is 0 Å². The molecule has 1 aliphatic rings. The molecule has 1 amide bonds. The predicted molar refractivity (Wildman–Crippen MR) is 104 cm³/mol. The lowest BCUT2D eigenvalue weighted by Gasteiger charge is -2.24. The molecule has 2 rings (SSSR count). The minimum absolute atomic E-state index is 0. The number of amides is 1. The Bertz CT molecular complexity index is 483. The van der Waals surface area contributed by atoms with E-state index in [9.17, 15) is 4.79 Å². The largest absolute Gasteiger partial charge is 0.383 e. The van der Waals surface area contributed by atoms with Gasteiger partial charge in [0.25, 0.3) is 0 Å². The third-order valence-electron chi connectivity index (χ3n) is 4.03. The summed E-state index contributed by atoms with van der Waals surface area (Å²) in [5.41, 5.74) is 2.49. The molecule has 0 spiro atoms. The van der Waals surface area contributed by atoms with Crippen molar-refractivity contribution in [2.24, 2.45) is 0 Å². The Morgan fingerprint density at radius 1 is 1.25 bits per heavy atom. The highest BCUT2D eigenvalue weighted by atomic mass is 35.5. The second-order valence-electron chi connectivity index (χ2n) is 5.74. The maximum absolute atomic E-state index is 12.2. The molecule has 0 unspecified atom stereocenters. The number of hydrogen-bond acceptors (Lipinski definition) is 4. The van der Waals surface area contributed by atoms with Crippen LogP contribution in [0.4, 0.5) is 5.69 Å². The third-order valence-corrected chi connectivity index (χ3v) is 4.03. The molecule has 0 saturated carbocycles. The van der Waals surface area contributed by atoms with Crippen molar-refractivity contribution < 1.29 is 9.53 Å². The van der Waals surface area contributed by atoms with Crippen molar-refractivity contribution >= 4 is 36.4 Å². The average molecular weight is 378 g/mol. The number of ether oxygens (including phenoxy) is 1. The van der Waals surface area contributed by atoms with Gasteiger partial charge in [0.15, 0.2) is 0 Å². The van der Waals surface area contributed by atoms with Gasteiger partial charge in [-0.3, -0.25) is 4.79 Å². The van der Waals surface area contributed by atoms with Gasteiger partial charge in [-0.15, -0.1) is 24.8 Å². The summed E-state index contributed by atoms with van der Waals surface area (Å²) in [6.07, 6.45) is 2.51. The molecule has 5 nitrogen and oxygen atoms in total. The van der Waals surface area contributed by atoms with Crippen molar-refractivity contribution in [1.82, 2.24) is 10.2 Å². The molecule has 0 atom stereocenters. The van der Waals surface area contributed by atoms with Gasteiger partial charge in [0, 0.05) is 46.0 Å². The van der Waals surface area contributed by atoms with Crippen LogP contribution >= 0.6 is 24.8 Å². The zero-order valence-electron chi connectivity index (χ0n) is 14.5. The van der Waals surface area contributed by atoms with E-state index in [1.165, 1.54) is 24.1 Å². The van der Waals surface area contributed by atoms with Gasteiger partial charge in [0.1, 0.15) is 0 Å². The Morgan fingerprint density at radius 2 is 1.92 bits per heavy atom. The molecule has 24 heavy (non-hydrogen) atoms. The van der Waals surface area contributed by atoms with Crippen molar-refractivity contribution in [3.05, 3.63) is 29.8 Å². The molecule has 0 aliphatic carbocycles. The minimum Gasteiger partial charge on any atom is -0.383 e. The Hall–Kier alpha value is -1.01. The number of nitrogens with zero attached hydrogens (tertiary/aromatic N) is 2. The molecule has 1 aromatic carbocycles. The average Bonchev–Trinajstić information content (AvgIpc) is 3.06. The summed E-state index contributed by atoms with van der Waals surface area (Å²) in [5.74, 6) is 0.104. The highest BCUT2D eigenvalue weighted by Gasteiger charge is 2.17. The van der Waals surface area contributed by atoms with Gasteiger partial charge >= 0.3 is 0 Å². The van der Waals surface area contributed by atoms with Crippen LogP contribution in [0.15, 0.2) is 24.3 Å². The molecule has 1 aromatic rings. The summed E-state index contributed by atoms with van der Waals surface area (Å²) in [6, 6.07) is 8.40. The van der Waals surface area contributed by atoms with Gasteiger partial charge in [0.05, 0.1) is 13.2 Å². The fourth-order valence-electron chi connectivity index (χ4n) is 2.76. The van der Waals surface area contributed by atoms with Crippen LogP contribution in [-0.2, 0) is 16.1 Å². The topological polar surface area (TPSA) is 44.8 Å². The number of anilines is 1. The van der Waals surface area contributed by atoms with Gasteiger partial charge in [-0.1, -0.05) is 18.2 Å². The van der Waals surface area contributed by atoms with Crippen LogP contribution in [0.5, 0.6) is 0 Å². The first kappa shape index (κ1) is 23.0. The van der Waals surface area contributed by atoms with E-state index in [1.54, 1.807) is 12.0 Å². The first-order valence-electron chi connectivity index (χ1n) is 7.99. The Morgan fingerprint density at radius 3 is 2.58 bits per heavy atom. The molecular weight excluding hydrogens is 349 g/mol. The van der Waals surface area contributed by atoms with Crippen LogP contribution in [0.3, 0.4) is 0 Å². The van der Waals surface area contributed by atoms with Crippen molar-refractivity contribution in [2.75, 3.05) is 51.8 Å². The molecule has 0 aromatic heterocycles. The molecule has 0 radical (unpaired) electrons. The summed E-state index contributed by atoms with van der Waals surface area (Å²) in [5, 5.41) is 3.10. The number of carbonyl (C=O) groups is 1. The Labute approximate surface area is 157 Å². The molecular formula is C17H29Cl2N3O2.